The molecule has 0 amide bonds. The molecule has 2 rings (SSSR count). The van der Waals surface area contributed by atoms with Gasteiger partial charge in [0.2, 0.25) is 0 Å². The normalized spacial score (nSPS) is 13.7. The number of esters is 1. The molecule has 5 nitrogen and oxygen atoms in total. The smallest absolute Gasteiger partial charge is 0.331 e. The molecule has 2 aromatic rings. The van der Waals surface area contributed by atoms with Gasteiger partial charge >= 0.3 is 5.97 Å². The summed E-state index contributed by atoms with van der Waals surface area (Å²) >= 11 is 2.90. The fourth-order valence-corrected chi connectivity index (χ4v) is 3.69. The average Bonchev–Trinajstić information content (AvgIpc) is 2.91. The van der Waals surface area contributed by atoms with E-state index in [-0.39, 0.29) is 0 Å². The Kier molecular flexibility index (Phi) is 5.33. The minimum atomic E-state index is -1.19. The van der Waals surface area contributed by atoms with Crippen molar-refractivity contribution >= 4 is 29.1 Å². The number of carbonyl (C=O) groups is 1. The molecule has 0 aliphatic heterocycles. The minimum Gasteiger partial charge on any atom is -0.464 e. The molecule has 7 heteroatoms. The van der Waals surface area contributed by atoms with E-state index in [0.717, 1.165) is 14.9 Å². The van der Waals surface area contributed by atoms with Gasteiger partial charge in [0.15, 0.2) is 4.34 Å². The van der Waals surface area contributed by atoms with Gasteiger partial charge in [-0.15, -0.1) is 10.2 Å². The Labute approximate surface area is 131 Å². The molecular formula is C14H17N3O2S2. The first-order valence-corrected chi connectivity index (χ1v) is 8.31. The van der Waals surface area contributed by atoms with Gasteiger partial charge in [0.1, 0.15) is 10.5 Å². The summed E-state index contributed by atoms with van der Waals surface area (Å²) in [4.78, 5) is 12.3. The quantitative estimate of drug-likeness (QED) is 0.649. The Morgan fingerprint density at radius 3 is 2.67 bits per heavy atom. The maximum absolute atomic E-state index is 12.3. The summed E-state index contributed by atoms with van der Waals surface area (Å²) < 4.78 is 5.94. The van der Waals surface area contributed by atoms with E-state index in [0.29, 0.717) is 12.4 Å². The zero-order valence-electron chi connectivity index (χ0n) is 11.9. The lowest BCUT2D eigenvalue weighted by atomic mass is 9.93. The highest BCUT2D eigenvalue weighted by molar-refractivity contribution is 8.01. The van der Waals surface area contributed by atoms with Crippen molar-refractivity contribution in [1.82, 2.24) is 10.2 Å². The van der Waals surface area contributed by atoms with Crippen LogP contribution in [-0.4, -0.2) is 28.5 Å². The van der Waals surface area contributed by atoms with E-state index in [4.69, 9.17) is 10.5 Å². The van der Waals surface area contributed by atoms with Crippen LogP contribution in [-0.2, 0) is 15.1 Å². The van der Waals surface area contributed by atoms with Crippen molar-refractivity contribution in [3.8, 4) is 0 Å². The Balaban J connectivity index is 2.21. The van der Waals surface area contributed by atoms with E-state index in [1.807, 2.05) is 37.3 Å². The average molecular weight is 323 g/mol. The van der Waals surface area contributed by atoms with Gasteiger partial charge in [0.05, 0.1) is 6.61 Å². The van der Waals surface area contributed by atoms with Gasteiger partial charge in [0.25, 0.3) is 0 Å². The van der Waals surface area contributed by atoms with Crippen LogP contribution >= 0.6 is 23.1 Å². The number of hydrogen-bond donors (Lipinski definition) is 1. The molecule has 0 saturated heterocycles. The number of rotatable bonds is 6. The lowest BCUT2D eigenvalue weighted by molar-refractivity contribution is -0.149. The summed E-state index contributed by atoms with van der Waals surface area (Å²) in [6, 6.07) is 9.27. The third-order valence-corrected chi connectivity index (χ3v) is 5.02. The maximum atomic E-state index is 12.3. The highest BCUT2D eigenvalue weighted by Gasteiger charge is 2.38. The maximum Gasteiger partial charge on any atom is 0.331 e. The molecule has 2 N–H and O–H groups in total. The van der Waals surface area contributed by atoms with Crippen LogP contribution in [0.25, 0.3) is 0 Å². The SMILES string of the molecule is CCOC(=O)C(N)(CSc1nnc(C)s1)c1ccccc1. The molecule has 21 heavy (non-hydrogen) atoms. The first-order chi connectivity index (χ1) is 10.1. The lowest BCUT2D eigenvalue weighted by Gasteiger charge is -2.26. The van der Waals surface area contributed by atoms with Gasteiger partial charge in [-0.2, -0.15) is 0 Å². The number of aromatic nitrogens is 2. The standard InChI is InChI=1S/C14H17N3O2S2/c1-3-19-12(18)14(15,11-7-5-4-6-8-11)9-20-13-17-16-10(2)21-13/h4-8H,3,9,15H2,1-2H3. The zero-order valence-corrected chi connectivity index (χ0v) is 13.5. The molecule has 0 fully saturated rings. The molecule has 0 spiro atoms. The molecule has 0 aliphatic rings. The fourth-order valence-electron chi connectivity index (χ4n) is 1.77. The van der Waals surface area contributed by atoms with E-state index >= 15 is 0 Å². The number of thioether (sulfide) groups is 1. The molecule has 112 valence electrons. The van der Waals surface area contributed by atoms with E-state index in [9.17, 15) is 4.79 Å². The molecule has 1 heterocycles. The lowest BCUT2D eigenvalue weighted by Crippen LogP contribution is -2.48. The number of ether oxygens (including phenoxy) is 1. The molecule has 1 unspecified atom stereocenters. The van der Waals surface area contributed by atoms with Gasteiger partial charge in [-0.3, -0.25) is 0 Å². The molecule has 0 bridgehead atoms. The van der Waals surface area contributed by atoms with Crippen molar-refractivity contribution in [1.29, 1.82) is 0 Å². The van der Waals surface area contributed by atoms with Crippen LogP contribution in [0.15, 0.2) is 34.7 Å². The summed E-state index contributed by atoms with van der Waals surface area (Å²) in [6.07, 6.45) is 0. The van der Waals surface area contributed by atoms with Crippen molar-refractivity contribution in [2.24, 2.45) is 5.73 Å². The van der Waals surface area contributed by atoms with Crippen molar-refractivity contribution in [2.75, 3.05) is 12.4 Å². The summed E-state index contributed by atoms with van der Waals surface area (Å²) in [5.74, 6) is -0.0743. The van der Waals surface area contributed by atoms with Crippen LogP contribution in [0.1, 0.15) is 17.5 Å². The van der Waals surface area contributed by atoms with Crippen LogP contribution in [0, 0.1) is 6.92 Å². The minimum absolute atomic E-state index is 0.299. The third-order valence-electron chi connectivity index (χ3n) is 2.86. The van der Waals surface area contributed by atoms with E-state index in [1.165, 1.54) is 23.1 Å². The van der Waals surface area contributed by atoms with Crippen molar-refractivity contribution < 1.29 is 9.53 Å². The Bertz CT molecular complexity index is 603. The molecule has 0 radical (unpaired) electrons. The van der Waals surface area contributed by atoms with Crippen LogP contribution in [0.2, 0.25) is 0 Å². The molecule has 1 aromatic carbocycles. The highest BCUT2D eigenvalue weighted by atomic mass is 32.2. The summed E-state index contributed by atoms with van der Waals surface area (Å²) in [5, 5.41) is 8.89. The number of aryl methyl sites for hydroxylation is 1. The van der Waals surface area contributed by atoms with Crippen molar-refractivity contribution in [3.05, 3.63) is 40.9 Å². The number of hydrogen-bond acceptors (Lipinski definition) is 7. The van der Waals surface area contributed by atoms with E-state index in [1.54, 1.807) is 6.92 Å². The second kappa shape index (κ2) is 7.02. The second-order valence-corrected chi connectivity index (χ2v) is 6.84. The Morgan fingerprint density at radius 2 is 2.10 bits per heavy atom. The van der Waals surface area contributed by atoms with Crippen LogP contribution in [0.5, 0.6) is 0 Å². The first kappa shape index (κ1) is 15.9. The number of carbonyl (C=O) groups excluding carboxylic acids is 1. The first-order valence-electron chi connectivity index (χ1n) is 6.51. The van der Waals surface area contributed by atoms with Crippen molar-refractivity contribution in [3.63, 3.8) is 0 Å². The predicted molar refractivity (Wildman–Crippen MR) is 84.3 cm³/mol. The van der Waals surface area contributed by atoms with Gasteiger partial charge in [0, 0.05) is 5.75 Å². The number of nitrogens with zero attached hydrogens (tertiary/aromatic N) is 2. The largest absolute Gasteiger partial charge is 0.464 e. The molecule has 1 aromatic heterocycles. The number of benzene rings is 1. The summed E-state index contributed by atoms with van der Waals surface area (Å²) in [6.45, 7) is 3.96. The van der Waals surface area contributed by atoms with Crippen LogP contribution < -0.4 is 5.73 Å². The molecular weight excluding hydrogens is 306 g/mol. The van der Waals surface area contributed by atoms with Gasteiger partial charge in [-0.05, 0) is 19.4 Å². The topological polar surface area (TPSA) is 78.1 Å². The second-order valence-electron chi connectivity index (χ2n) is 4.43. The monoisotopic (exact) mass is 323 g/mol. The molecule has 0 aliphatic carbocycles. The summed E-state index contributed by atoms with van der Waals surface area (Å²) in [7, 11) is 0. The summed E-state index contributed by atoms with van der Waals surface area (Å²) in [5.41, 5.74) is 5.91. The van der Waals surface area contributed by atoms with Crippen LogP contribution in [0.4, 0.5) is 0 Å². The predicted octanol–water partition coefficient (Wildman–Crippen LogP) is 2.36. The van der Waals surface area contributed by atoms with Crippen molar-refractivity contribution in [2.45, 2.75) is 23.7 Å². The van der Waals surface area contributed by atoms with E-state index < -0.39 is 11.5 Å². The molecule has 1 atom stereocenters. The van der Waals surface area contributed by atoms with Gasteiger partial charge in [-0.1, -0.05) is 53.4 Å². The Hall–Kier alpha value is -1.44. The Morgan fingerprint density at radius 1 is 1.38 bits per heavy atom. The van der Waals surface area contributed by atoms with Gasteiger partial charge < -0.3 is 10.5 Å². The van der Waals surface area contributed by atoms with E-state index in [2.05, 4.69) is 10.2 Å². The zero-order chi connectivity index (χ0) is 15.3. The molecule has 0 saturated carbocycles. The fraction of sp³-hybridized carbons (Fsp3) is 0.357. The number of nitrogens with two attached hydrogens (primary N) is 1. The van der Waals surface area contributed by atoms with Crippen LogP contribution in [0.3, 0.4) is 0 Å². The highest BCUT2D eigenvalue weighted by Crippen LogP contribution is 2.30. The third kappa shape index (κ3) is 3.81. The van der Waals surface area contributed by atoms with Gasteiger partial charge in [-0.25, -0.2) is 4.79 Å².